The number of rotatable bonds is 4. The summed E-state index contributed by atoms with van der Waals surface area (Å²) in [5.74, 6) is -0.203. The van der Waals surface area contributed by atoms with Crippen LogP contribution in [0.1, 0.15) is 31.4 Å². The summed E-state index contributed by atoms with van der Waals surface area (Å²) in [6.07, 6.45) is 2.09. The predicted molar refractivity (Wildman–Crippen MR) is 73.5 cm³/mol. The average Bonchev–Trinajstić information content (AvgIpc) is 2.40. The van der Waals surface area contributed by atoms with E-state index in [0.717, 1.165) is 44.6 Å². The summed E-state index contributed by atoms with van der Waals surface area (Å²) >= 11 is 6.24. The first-order valence-corrected chi connectivity index (χ1v) is 7.00. The monoisotopic (exact) mass is 270 g/mol. The zero-order valence-electron chi connectivity index (χ0n) is 10.8. The quantitative estimate of drug-likeness (QED) is 0.904. The fourth-order valence-electron chi connectivity index (χ4n) is 2.57. The highest BCUT2D eigenvalue weighted by Gasteiger charge is 2.23. The van der Waals surface area contributed by atoms with Crippen molar-refractivity contribution in [2.45, 2.75) is 25.8 Å². The van der Waals surface area contributed by atoms with Crippen molar-refractivity contribution in [3.05, 3.63) is 34.6 Å². The first-order chi connectivity index (χ1) is 8.72. The Morgan fingerprint density at radius 2 is 2.11 bits per heavy atom. The van der Waals surface area contributed by atoms with E-state index in [1.165, 1.54) is 6.07 Å². The molecule has 1 aliphatic heterocycles. The Hall–Kier alpha value is -0.640. The maximum atomic E-state index is 13.4. The molecule has 1 N–H and O–H groups in total. The summed E-state index contributed by atoms with van der Waals surface area (Å²) < 4.78 is 13.4. The van der Waals surface area contributed by atoms with Gasteiger partial charge in [0.15, 0.2) is 0 Å². The van der Waals surface area contributed by atoms with E-state index in [2.05, 4.69) is 17.1 Å². The van der Waals surface area contributed by atoms with E-state index in [9.17, 15) is 4.39 Å². The summed E-state index contributed by atoms with van der Waals surface area (Å²) in [6.45, 7) is 6.14. The molecule has 4 heteroatoms. The van der Waals surface area contributed by atoms with E-state index in [1.54, 1.807) is 12.1 Å². The van der Waals surface area contributed by atoms with Crippen LogP contribution in [0.4, 0.5) is 4.39 Å². The number of hydrogen-bond acceptors (Lipinski definition) is 2. The van der Waals surface area contributed by atoms with Crippen molar-refractivity contribution in [1.82, 2.24) is 10.2 Å². The minimum absolute atomic E-state index is 0.203. The Balaban J connectivity index is 2.24. The van der Waals surface area contributed by atoms with Gasteiger partial charge in [0.25, 0.3) is 0 Å². The molecule has 1 atom stereocenters. The van der Waals surface area contributed by atoms with E-state index in [-0.39, 0.29) is 11.9 Å². The molecule has 18 heavy (non-hydrogen) atoms. The van der Waals surface area contributed by atoms with E-state index < -0.39 is 0 Å². The zero-order chi connectivity index (χ0) is 13.0. The van der Waals surface area contributed by atoms with Gasteiger partial charge in [-0.3, -0.25) is 4.90 Å². The van der Waals surface area contributed by atoms with Crippen LogP contribution in [0.5, 0.6) is 0 Å². The maximum absolute atomic E-state index is 13.4. The molecule has 100 valence electrons. The summed E-state index contributed by atoms with van der Waals surface area (Å²) in [5, 5.41) is 4.01. The van der Waals surface area contributed by atoms with Crippen molar-refractivity contribution in [3.63, 3.8) is 0 Å². The molecular weight excluding hydrogens is 251 g/mol. The Morgan fingerprint density at radius 3 is 2.78 bits per heavy atom. The van der Waals surface area contributed by atoms with Crippen molar-refractivity contribution < 1.29 is 4.39 Å². The maximum Gasteiger partial charge on any atom is 0.123 e. The first kappa shape index (κ1) is 13.8. The fourth-order valence-corrected chi connectivity index (χ4v) is 2.82. The van der Waals surface area contributed by atoms with Gasteiger partial charge in [-0.2, -0.15) is 0 Å². The molecule has 0 radical (unpaired) electrons. The second-order valence-corrected chi connectivity index (χ2v) is 5.16. The van der Waals surface area contributed by atoms with Crippen molar-refractivity contribution in [1.29, 1.82) is 0 Å². The lowest BCUT2D eigenvalue weighted by Gasteiger charge is -2.35. The van der Waals surface area contributed by atoms with Crippen LogP contribution in [0.3, 0.4) is 0 Å². The van der Waals surface area contributed by atoms with Crippen LogP contribution in [-0.2, 0) is 0 Å². The van der Waals surface area contributed by atoms with Crippen LogP contribution >= 0.6 is 11.6 Å². The van der Waals surface area contributed by atoms with Gasteiger partial charge in [-0.15, -0.1) is 0 Å². The molecule has 2 nitrogen and oxygen atoms in total. The second kappa shape index (κ2) is 6.50. The molecule has 1 aromatic rings. The normalized spacial score (nSPS) is 18.8. The summed E-state index contributed by atoms with van der Waals surface area (Å²) in [6, 6.07) is 4.91. The lowest BCUT2D eigenvalue weighted by Crippen LogP contribution is -2.45. The number of halogens is 2. The SMILES string of the molecule is CCC[C@H](c1cc(F)ccc1Cl)N1CCNCC1. The molecule has 0 bridgehead atoms. The van der Waals surface area contributed by atoms with Crippen LogP contribution < -0.4 is 5.32 Å². The van der Waals surface area contributed by atoms with Gasteiger partial charge in [-0.25, -0.2) is 4.39 Å². The smallest absolute Gasteiger partial charge is 0.123 e. The van der Waals surface area contributed by atoms with Crippen molar-refractivity contribution in [2.75, 3.05) is 26.2 Å². The molecule has 0 amide bonds. The van der Waals surface area contributed by atoms with Gasteiger partial charge >= 0.3 is 0 Å². The van der Waals surface area contributed by atoms with Crippen LogP contribution in [-0.4, -0.2) is 31.1 Å². The Morgan fingerprint density at radius 1 is 1.39 bits per heavy atom. The number of piperazine rings is 1. The first-order valence-electron chi connectivity index (χ1n) is 6.62. The topological polar surface area (TPSA) is 15.3 Å². The number of nitrogens with zero attached hydrogens (tertiary/aromatic N) is 1. The lowest BCUT2D eigenvalue weighted by molar-refractivity contribution is 0.164. The van der Waals surface area contributed by atoms with Crippen LogP contribution in [0.2, 0.25) is 5.02 Å². The molecule has 1 heterocycles. The van der Waals surface area contributed by atoms with E-state index in [4.69, 9.17) is 11.6 Å². The molecule has 2 rings (SSSR count). The van der Waals surface area contributed by atoms with Crippen molar-refractivity contribution >= 4 is 11.6 Å². The summed E-state index contributed by atoms with van der Waals surface area (Å²) in [7, 11) is 0. The minimum Gasteiger partial charge on any atom is -0.314 e. The van der Waals surface area contributed by atoms with Gasteiger partial charge in [-0.1, -0.05) is 24.9 Å². The number of hydrogen-bond donors (Lipinski definition) is 1. The molecule has 1 fully saturated rings. The molecule has 0 aromatic heterocycles. The molecule has 0 saturated carbocycles. The third-order valence-corrected chi connectivity index (χ3v) is 3.82. The number of nitrogens with one attached hydrogen (secondary N) is 1. The van der Waals surface area contributed by atoms with Gasteiger partial charge in [0.05, 0.1) is 0 Å². The van der Waals surface area contributed by atoms with Crippen molar-refractivity contribution in [3.8, 4) is 0 Å². The summed E-state index contributed by atoms with van der Waals surface area (Å²) in [5.41, 5.74) is 0.931. The number of benzene rings is 1. The highest BCUT2D eigenvalue weighted by molar-refractivity contribution is 6.31. The molecule has 1 aliphatic rings. The Labute approximate surface area is 113 Å². The Kier molecular flexibility index (Phi) is 4.98. The predicted octanol–water partition coefficient (Wildman–Crippen LogP) is 3.23. The van der Waals surface area contributed by atoms with Gasteiger partial charge in [0.1, 0.15) is 5.82 Å². The minimum atomic E-state index is -0.203. The van der Waals surface area contributed by atoms with E-state index in [0.29, 0.717) is 5.02 Å². The van der Waals surface area contributed by atoms with Crippen LogP contribution in [0, 0.1) is 5.82 Å². The van der Waals surface area contributed by atoms with Crippen molar-refractivity contribution in [2.24, 2.45) is 0 Å². The standard InChI is InChI=1S/C14H20ClFN2/c1-2-3-14(18-8-6-17-7-9-18)12-10-11(16)4-5-13(12)15/h4-5,10,14,17H,2-3,6-9H2,1H3/t14-/m1/s1. The summed E-state index contributed by atoms with van der Waals surface area (Å²) in [4.78, 5) is 2.40. The van der Waals surface area contributed by atoms with Gasteiger partial charge in [-0.05, 0) is 30.2 Å². The highest BCUT2D eigenvalue weighted by Crippen LogP contribution is 2.31. The molecule has 0 unspecified atom stereocenters. The van der Waals surface area contributed by atoms with Gasteiger partial charge in [0.2, 0.25) is 0 Å². The molecule has 0 spiro atoms. The lowest BCUT2D eigenvalue weighted by atomic mass is 9.99. The Bertz CT molecular complexity index is 391. The molecule has 1 aromatic carbocycles. The molecule has 1 saturated heterocycles. The molecular formula is C14H20ClFN2. The van der Waals surface area contributed by atoms with E-state index >= 15 is 0 Å². The second-order valence-electron chi connectivity index (χ2n) is 4.76. The fraction of sp³-hybridized carbons (Fsp3) is 0.571. The third kappa shape index (κ3) is 3.22. The highest BCUT2D eigenvalue weighted by atomic mass is 35.5. The van der Waals surface area contributed by atoms with Gasteiger partial charge < -0.3 is 5.32 Å². The average molecular weight is 271 g/mol. The van der Waals surface area contributed by atoms with E-state index in [1.807, 2.05) is 0 Å². The zero-order valence-corrected chi connectivity index (χ0v) is 11.5. The third-order valence-electron chi connectivity index (χ3n) is 3.47. The van der Waals surface area contributed by atoms with Crippen LogP contribution in [0.25, 0.3) is 0 Å². The molecule has 0 aliphatic carbocycles. The van der Waals surface area contributed by atoms with Crippen LogP contribution in [0.15, 0.2) is 18.2 Å². The van der Waals surface area contributed by atoms with Gasteiger partial charge in [0, 0.05) is 37.2 Å². The largest absolute Gasteiger partial charge is 0.314 e.